The fourth-order valence-electron chi connectivity index (χ4n) is 2.37. The zero-order valence-electron chi connectivity index (χ0n) is 9.83. The Labute approximate surface area is 103 Å². The number of rotatable bonds is 5. The number of hydrogen-bond acceptors (Lipinski definition) is 1. The van der Waals surface area contributed by atoms with E-state index in [1.807, 2.05) is 0 Å². The van der Waals surface area contributed by atoms with E-state index < -0.39 is 11.6 Å². The van der Waals surface area contributed by atoms with Gasteiger partial charge in [-0.3, -0.25) is 0 Å². The first-order valence-corrected chi connectivity index (χ1v) is 6.86. The second-order valence-corrected chi connectivity index (χ2v) is 5.33. The smallest absolute Gasteiger partial charge is 0.126 e. The van der Waals surface area contributed by atoms with Gasteiger partial charge in [-0.25, -0.2) is 8.78 Å². The Morgan fingerprint density at radius 2 is 1.82 bits per heavy atom. The highest BCUT2D eigenvalue weighted by atomic mass is 31.0. The van der Waals surface area contributed by atoms with Crippen LogP contribution in [-0.2, 0) is 6.42 Å². The molecule has 1 fully saturated rings. The molecule has 1 unspecified atom stereocenters. The summed E-state index contributed by atoms with van der Waals surface area (Å²) in [5.74, 6) is -0.390. The van der Waals surface area contributed by atoms with Gasteiger partial charge in [0.25, 0.3) is 0 Å². The van der Waals surface area contributed by atoms with Crippen molar-refractivity contribution in [1.29, 1.82) is 0 Å². The van der Waals surface area contributed by atoms with E-state index in [4.69, 9.17) is 0 Å². The van der Waals surface area contributed by atoms with Gasteiger partial charge in [0.2, 0.25) is 0 Å². The number of halogens is 2. The number of benzene rings is 1. The van der Waals surface area contributed by atoms with Crippen LogP contribution in [0.4, 0.5) is 8.78 Å². The Kier molecular flexibility index (Phi) is 4.47. The molecule has 0 saturated carbocycles. The Bertz CT molecular complexity index is 357. The van der Waals surface area contributed by atoms with Crippen molar-refractivity contribution in [3.05, 3.63) is 35.4 Å². The molecule has 2 rings (SSSR count). The molecule has 0 aliphatic carbocycles. The maximum atomic E-state index is 13.0. The molecule has 1 heterocycles. The van der Waals surface area contributed by atoms with Crippen LogP contribution in [0.15, 0.2) is 18.2 Å². The average Bonchev–Trinajstić information content (AvgIpc) is 2.19. The molecular formula is C13H18F2NP. The average molecular weight is 257 g/mol. The van der Waals surface area contributed by atoms with E-state index in [0.29, 0.717) is 5.92 Å². The van der Waals surface area contributed by atoms with Gasteiger partial charge >= 0.3 is 0 Å². The third-order valence-corrected chi connectivity index (χ3v) is 3.57. The first kappa shape index (κ1) is 12.9. The van der Waals surface area contributed by atoms with Crippen molar-refractivity contribution in [3.8, 4) is 0 Å². The van der Waals surface area contributed by atoms with Gasteiger partial charge in [0, 0.05) is 19.2 Å². The summed E-state index contributed by atoms with van der Waals surface area (Å²) in [4.78, 5) is 2.39. The molecule has 0 bridgehead atoms. The SMILES string of the molecule is Fc1cc(F)cc(CC2CN(CCCP)C2)c1. The van der Waals surface area contributed by atoms with Crippen LogP contribution in [0.25, 0.3) is 0 Å². The molecule has 0 radical (unpaired) electrons. The summed E-state index contributed by atoms with van der Waals surface area (Å²) in [6, 6.07) is 3.80. The molecular weight excluding hydrogens is 239 g/mol. The monoisotopic (exact) mass is 257 g/mol. The number of hydrogen-bond donors (Lipinski definition) is 0. The molecule has 1 aromatic rings. The lowest BCUT2D eigenvalue weighted by Gasteiger charge is -2.39. The molecule has 1 aromatic carbocycles. The summed E-state index contributed by atoms with van der Waals surface area (Å²) in [6.45, 7) is 3.25. The summed E-state index contributed by atoms with van der Waals surface area (Å²) in [7, 11) is 2.73. The lowest BCUT2D eigenvalue weighted by Crippen LogP contribution is -2.47. The fraction of sp³-hybridized carbons (Fsp3) is 0.538. The van der Waals surface area contributed by atoms with Crippen LogP contribution in [-0.4, -0.2) is 30.7 Å². The molecule has 1 aliphatic heterocycles. The first-order chi connectivity index (χ1) is 8.17. The van der Waals surface area contributed by atoms with Gasteiger partial charge in [-0.05, 0) is 49.2 Å². The zero-order valence-corrected chi connectivity index (χ0v) is 11.0. The summed E-state index contributed by atoms with van der Waals surface area (Å²) in [5, 5.41) is 0. The van der Waals surface area contributed by atoms with Crippen LogP contribution >= 0.6 is 9.24 Å². The van der Waals surface area contributed by atoms with E-state index in [1.54, 1.807) is 0 Å². The summed E-state index contributed by atoms with van der Waals surface area (Å²) in [5.41, 5.74) is 0.776. The second-order valence-electron chi connectivity index (χ2n) is 4.75. The topological polar surface area (TPSA) is 3.24 Å². The fourth-order valence-corrected chi connectivity index (χ4v) is 2.55. The Morgan fingerprint density at radius 1 is 1.18 bits per heavy atom. The third-order valence-electron chi connectivity index (χ3n) is 3.16. The number of nitrogens with zero attached hydrogens (tertiary/aromatic N) is 1. The van der Waals surface area contributed by atoms with Gasteiger partial charge in [0.15, 0.2) is 0 Å². The Hall–Kier alpha value is -0.530. The quantitative estimate of drug-likeness (QED) is 0.733. The van der Waals surface area contributed by atoms with Gasteiger partial charge in [0.1, 0.15) is 11.6 Å². The molecule has 17 heavy (non-hydrogen) atoms. The van der Waals surface area contributed by atoms with Gasteiger partial charge in [0.05, 0.1) is 0 Å². The van der Waals surface area contributed by atoms with E-state index in [0.717, 1.165) is 43.8 Å². The van der Waals surface area contributed by atoms with Crippen molar-refractivity contribution in [3.63, 3.8) is 0 Å². The van der Waals surface area contributed by atoms with E-state index >= 15 is 0 Å². The largest absolute Gasteiger partial charge is 0.303 e. The van der Waals surface area contributed by atoms with Gasteiger partial charge in [-0.2, -0.15) is 0 Å². The van der Waals surface area contributed by atoms with Crippen molar-refractivity contribution in [1.82, 2.24) is 4.90 Å². The first-order valence-electron chi connectivity index (χ1n) is 6.05. The lowest BCUT2D eigenvalue weighted by atomic mass is 9.92. The van der Waals surface area contributed by atoms with Crippen LogP contribution in [0.1, 0.15) is 12.0 Å². The van der Waals surface area contributed by atoms with E-state index in [9.17, 15) is 8.78 Å². The summed E-state index contributed by atoms with van der Waals surface area (Å²) in [6.07, 6.45) is 3.12. The van der Waals surface area contributed by atoms with Crippen LogP contribution in [0.3, 0.4) is 0 Å². The van der Waals surface area contributed by atoms with E-state index in [-0.39, 0.29) is 0 Å². The van der Waals surface area contributed by atoms with Gasteiger partial charge in [-0.1, -0.05) is 0 Å². The highest BCUT2D eigenvalue weighted by Gasteiger charge is 2.26. The van der Waals surface area contributed by atoms with Crippen molar-refractivity contribution in [2.45, 2.75) is 12.8 Å². The highest BCUT2D eigenvalue weighted by Crippen LogP contribution is 2.21. The maximum Gasteiger partial charge on any atom is 0.126 e. The Morgan fingerprint density at radius 3 is 2.41 bits per heavy atom. The number of likely N-dealkylation sites (tertiary alicyclic amines) is 1. The lowest BCUT2D eigenvalue weighted by molar-refractivity contribution is 0.101. The van der Waals surface area contributed by atoms with Crippen LogP contribution in [0.2, 0.25) is 0 Å². The standard InChI is InChI=1S/C13H18F2NP/c14-12-5-10(6-13(15)7-12)4-11-8-16(9-11)2-1-3-17/h5-7,11H,1-4,8-9,17H2. The van der Waals surface area contributed by atoms with Crippen molar-refractivity contribution in [2.75, 3.05) is 25.8 Å². The van der Waals surface area contributed by atoms with Crippen molar-refractivity contribution >= 4 is 9.24 Å². The zero-order chi connectivity index (χ0) is 12.3. The minimum absolute atomic E-state index is 0.473. The highest BCUT2D eigenvalue weighted by molar-refractivity contribution is 7.16. The molecule has 1 aliphatic rings. The van der Waals surface area contributed by atoms with Crippen LogP contribution in [0.5, 0.6) is 0 Å². The molecule has 0 spiro atoms. The molecule has 0 N–H and O–H groups in total. The van der Waals surface area contributed by atoms with E-state index in [1.165, 1.54) is 18.6 Å². The predicted octanol–water partition coefficient (Wildman–Crippen LogP) is 2.70. The molecule has 1 saturated heterocycles. The normalized spacial score (nSPS) is 17.1. The van der Waals surface area contributed by atoms with Crippen molar-refractivity contribution < 1.29 is 8.78 Å². The molecule has 4 heteroatoms. The van der Waals surface area contributed by atoms with E-state index in [2.05, 4.69) is 14.1 Å². The summed E-state index contributed by atoms with van der Waals surface area (Å²) >= 11 is 0. The predicted molar refractivity (Wildman–Crippen MR) is 69.2 cm³/mol. The van der Waals surface area contributed by atoms with Crippen LogP contribution in [0, 0.1) is 17.6 Å². The Balaban J connectivity index is 1.79. The van der Waals surface area contributed by atoms with Crippen LogP contribution < -0.4 is 0 Å². The van der Waals surface area contributed by atoms with Gasteiger partial charge < -0.3 is 4.90 Å². The molecule has 0 aromatic heterocycles. The minimum atomic E-state index is -0.473. The van der Waals surface area contributed by atoms with Gasteiger partial charge in [-0.15, -0.1) is 9.24 Å². The minimum Gasteiger partial charge on any atom is -0.303 e. The molecule has 1 atom stereocenters. The summed E-state index contributed by atoms with van der Waals surface area (Å²) < 4.78 is 26.0. The maximum absolute atomic E-state index is 13.0. The molecule has 94 valence electrons. The van der Waals surface area contributed by atoms with Crippen molar-refractivity contribution in [2.24, 2.45) is 5.92 Å². The second kappa shape index (κ2) is 5.88. The third kappa shape index (κ3) is 3.72. The molecule has 1 nitrogen and oxygen atoms in total. The molecule has 0 amide bonds.